The van der Waals surface area contributed by atoms with Crippen LogP contribution < -0.4 is 4.74 Å². The van der Waals surface area contributed by atoms with Gasteiger partial charge in [0.1, 0.15) is 17.3 Å². The molecule has 2 amide bonds. The third-order valence-corrected chi connectivity index (χ3v) is 4.79. The van der Waals surface area contributed by atoms with Crippen molar-refractivity contribution in [2.24, 2.45) is 4.99 Å². The summed E-state index contributed by atoms with van der Waals surface area (Å²) in [5.74, 6) is -0.183. The zero-order chi connectivity index (χ0) is 24.2. The minimum absolute atomic E-state index is 0.0459. The van der Waals surface area contributed by atoms with Crippen LogP contribution in [0.1, 0.15) is 12.0 Å². The summed E-state index contributed by atoms with van der Waals surface area (Å²) in [5, 5.41) is 9.16. The van der Waals surface area contributed by atoms with Crippen LogP contribution in [0.15, 0.2) is 71.1 Å². The quantitative estimate of drug-likeness (QED) is 0.217. The molecule has 0 saturated carbocycles. The van der Waals surface area contributed by atoms with E-state index in [9.17, 15) is 14.0 Å². The van der Waals surface area contributed by atoms with E-state index in [0.717, 1.165) is 4.90 Å². The number of para-hydroxylation sites is 1. The van der Waals surface area contributed by atoms with Gasteiger partial charge in [-0.15, -0.1) is 0 Å². The van der Waals surface area contributed by atoms with E-state index < -0.39 is 5.91 Å². The van der Waals surface area contributed by atoms with E-state index in [1.54, 1.807) is 36.2 Å². The Morgan fingerprint density at radius 1 is 1.15 bits per heavy atom. The molecule has 8 nitrogen and oxygen atoms in total. The van der Waals surface area contributed by atoms with Gasteiger partial charge in [0.2, 0.25) is 6.41 Å². The van der Waals surface area contributed by atoms with Gasteiger partial charge in [0.25, 0.3) is 5.91 Å². The van der Waals surface area contributed by atoms with E-state index in [2.05, 4.69) is 11.7 Å². The molecule has 0 aromatic heterocycles. The zero-order valence-corrected chi connectivity index (χ0v) is 18.9. The molecular weight excluding hydrogens is 427 g/mol. The molecule has 2 aromatic carbocycles. The predicted molar refractivity (Wildman–Crippen MR) is 124 cm³/mol. The van der Waals surface area contributed by atoms with Crippen molar-refractivity contribution >= 4 is 19.0 Å². The molecular formula is C24H29FN4O4. The molecule has 0 bridgehead atoms. The highest BCUT2D eigenvalue weighted by Crippen LogP contribution is 2.21. The third kappa shape index (κ3) is 7.43. The average Bonchev–Trinajstić information content (AvgIpc) is 2.84. The molecule has 0 aliphatic carbocycles. The van der Waals surface area contributed by atoms with Gasteiger partial charge < -0.3 is 24.5 Å². The van der Waals surface area contributed by atoms with Gasteiger partial charge in [-0.3, -0.25) is 9.59 Å². The molecule has 2 rings (SSSR count). The molecule has 176 valence electrons. The molecule has 0 unspecified atom stereocenters. The Morgan fingerprint density at radius 2 is 1.82 bits per heavy atom. The van der Waals surface area contributed by atoms with Crippen LogP contribution in [-0.2, 0) is 16.1 Å². The van der Waals surface area contributed by atoms with Crippen molar-refractivity contribution in [3.05, 3.63) is 77.5 Å². The maximum absolute atomic E-state index is 13.5. The van der Waals surface area contributed by atoms with Gasteiger partial charge in [-0.2, -0.15) is 0 Å². The fourth-order valence-corrected chi connectivity index (χ4v) is 3.03. The Kier molecular flexibility index (Phi) is 10.0. The Hall–Kier alpha value is -3.72. The highest BCUT2D eigenvalue weighted by molar-refractivity contribution is 5.93. The van der Waals surface area contributed by atoms with Gasteiger partial charge in [0.15, 0.2) is 12.6 Å². The number of hydrogen-bond donors (Lipinski definition) is 1. The Labute approximate surface area is 193 Å². The summed E-state index contributed by atoms with van der Waals surface area (Å²) in [7, 11) is 3.06. The van der Waals surface area contributed by atoms with Crippen LogP contribution in [0.25, 0.3) is 0 Å². The minimum atomic E-state index is -0.432. The molecule has 0 heterocycles. The van der Waals surface area contributed by atoms with Crippen molar-refractivity contribution in [2.45, 2.75) is 13.0 Å². The van der Waals surface area contributed by atoms with E-state index in [0.29, 0.717) is 24.1 Å². The molecule has 0 aliphatic heterocycles. The first-order valence-corrected chi connectivity index (χ1v) is 10.3. The number of benzene rings is 2. The Bertz CT molecular complexity index is 951. The lowest BCUT2D eigenvalue weighted by atomic mass is 10.2. The maximum atomic E-state index is 13.5. The fourth-order valence-electron chi connectivity index (χ4n) is 3.03. The highest BCUT2D eigenvalue weighted by Gasteiger charge is 2.27. The van der Waals surface area contributed by atoms with Crippen molar-refractivity contribution in [1.29, 1.82) is 0 Å². The van der Waals surface area contributed by atoms with Gasteiger partial charge in [0.05, 0.1) is 0 Å². The number of aliphatic imine (C=N–C) groups is 1. The molecule has 0 aliphatic rings. The van der Waals surface area contributed by atoms with Crippen LogP contribution >= 0.6 is 0 Å². The molecule has 33 heavy (non-hydrogen) atoms. The number of rotatable bonds is 13. The summed E-state index contributed by atoms with van der Waals surface area (Å²) in [6.45, 7) is 3.87. The number of hydrogen-bond acceptors (Lipinski definition) is 6. The number of likely N-dealkylation sites (N-methyl/N-ethyl adjacent to an activating group) is 1. The second-order valence-corrected chi connectivity index (χ2v) is 7.26. The van der Waals surface area contributed by atoms with E-state index >= 15 is 0 Å². The summed E-state index contributed by atoms with van der Waals surface area (Å²) < 4.78 is 19.3. The molecule has 0 atom stereocenters. The molecule has 0 radical (unpaired) electrons. The van der Waals surface area contributed by atoms with Crippen molar-refractivity contribution in [1.82, 2.24) is 14.7 Å². The van der Waals surface area contributed by atoms with Crippen LogP contribution in [0, 0.1) is 5.82 Å². The summed E-state index contributed by atoms with van der Waals surface area (Å²) in [4.78, 5) is 33.1. The highest BCUT2D eigenvalue weighted by atomic mass is 19.1. The first-order valence-electron chi connectivity index (χ1n) is 10.3. The first-order chi connectivity index (χ1) is 15.9. The van der Waals surface area contributed by atoms with Crippen LogP contribution in [-0.4, -0.2) is 72.8 Å². The average molecular weight is 457 g/mol. The van der Waals surface area contributed by atoms with Crippen molar-refractivity contribution in [3.8, 4) is 5.75 Å². The summed E-state index contributed by atoms with van der Waals surface area (Å²) >= 11 is 0. The third-order valence-electron chi connectivity index (χ3n) is 4.79. The van der Waals surface area contributed by atoms with Gasteiger partial charge in [-0.1, -0.05) is 30.3 Å². The van der Waals surface area contributed by atoms with E-state index in [4.69, 9.17) is 9.84 Å². The maximum Gasteiger partial charge on any atom is 0.273 e. The minimum Gasteiger partial charge on any atom is -0.473 e. The molecule has 0 saturated heterocycles. The van der Waals surface area contributed by atoms with Crippen LogP contribution in [0.5, 0.6) is 5.75 Å². The standard InChI is InChI=1S/C24H29FN4O4/c1-26-23(28(3)17-31)22(24(32)27(2)14-7-15-30)29(16-19-10-12-20(25)13-11-19)18-33-21-8-5-4-6-9-21/h4-6,8-13,17,30H,1,7,14-16,18H2,2-3H3/b23-22+. The topological polar surface area (TPSA) is 85.7 Å². The molecule has 0 spiro atoms. The lowest BCUT2D eigenvalue weighted by Gasteiger charge is -2.31. The number of carbonyl (C=O) groups is 2. The number of ether oxygens (including phenoxy) is 1. The van der Waals surface area contributed by atoms with Crippen LogP contribution in [0.4, 0.5) is 4.39 Å². The summed E-state index contributed by atoms with van der Waals surface area (Å²) in [6, 6.07) is 14.9. The molecule has 1 N–H and O–H groups in total. The summed E-state index contributed by atoms with van der Waals surface area (Å²) in [6.07, 6.45) is 0.910. The van der Waals surface area contributed by atoms with E-state index in [-0.39, 0.29) is 43.8 Å². The molecule has 0 fully saturated rings. The predicted octanol–water partition coefficient (Wildman–Crippen LogP) is 2.46. The first kappa shape index (κ1) is 25.5. The SMILES string of the molecule is C=N/C(=C(/C(=O)N(C)CCCO)N(COc1ccccc1)Cc1ccc(F)cc1)N(C)C=O. The van der Waals surface area contributed by atoms with Gasteiger partial charge in [-0.05, 0) is 43.0 Å². The normalized spacial score (nSPS) is 11.3. The van der Waals surface area contributed by atoms with Crippen molar-refractivity contribution in [3.63, 3.8) is 0 Å². The van der Waals surface area contributed by atoms with Gasteiger partial charge in [0, 0.05) is 33.8 Å². The smallest absolute Gasteiger partial charge is 0.273 e. The Morgan fingerprint density at radius 3 is 2.39 bits per heavy atom. The lowest BCUT2D eigenvalue weighted by molar-refractivity contribution is -0.128. The van der Waals surface area contributed by atoms with Gasteiger partial charge in [-0.25, -0.2) is 9.38 Å². The lowest BCUT2D eigenvalue weighted by Crippen LogP contribution is -2.41. The number of amides is 2. The second-order valence-electron chi connectivity index (χ2n) is 7.26. The molecule has 9 heteroatoms. The number of aliphatic hydroxyl groups excluding tert-OH is 1. The van der Waals surface area contributed by atoms with Crippen molar-refractivity contribution < 1.29 is 23.8 Å². The number of carbonyl (C=O) groups excluding carboxylic acids is 2. The van der Waals surface area contributed by atoms with E-state index in [1.807, 2.05) is 18.2 Å². The number of nitrogens with zero attached hydrogens (tertiary/aromatic N) is 4. The second kappa shape index (κ2) is 13.0. The van der Waals surface area contributed by atoms with Gasteiger partial charge >= 0.3 is 0 Å². The largest absolute Gasteiger partial charge is 0.473 e. The number of aliphatic hydroxyl groups is 1. The fraction of sp³-hybridized carbons (Fsp3) is 0.292. The van der Waals surface area contributed by atoms with Crippen LogP contribution in [0.3, 0.4) is 0 Å². The molecule has 2 aromatic rings. The number of halogens is 1. The zero-order valence-electron chi connectivity index (χ0n) is 18.9. The van der Waals surface area contributed by atoms with E-state index in [1.165, 1.54) is 24.1 Å². The van der Waals surface area contributed by atoms with Crippen molar-refractivity contribution in [2.75, 3.05) is 34.0 Å². The summed E-state index contributed by atoms with van der Waals surface area (Å²) in [5.41, 5.74) is 0.800. The Balaban J connectivity index is 2.51. The van der Waals surface area contributed by atoms with Crippen LogP contribution in [0.2, 0.25) is 0 Å². The monoisotopic (exact) mass is 456 g/mol.